The first-order valence-corrected chi connectivity index (χ1v) is 13.9. The summed E-state index contributed by atoms with van der Waals surface area (Å²) in [5.41, 5.74) is 6.52. The Morgan fingerprint density at radius 2 is 1.83 bits per heavy atom. The van der Waals surface area contributed by atoms with Gasteiger partial charge >= 0.3 is 5.97 Å². The van der Waals surface area contributed by atoms with E-state index in [1.165, 1.54) is 10.9 Å². The number of carbonyl (C=O) groups is 1. The molecule has 1 fully saturated rings. The molecule has 2 aliphatic rings. The average molecular weight is 557 g/mol. The van der Waals surface area contributed by atoms with E-state index >= 15 is 4.39 Å². The number of rotatable bonds is 8. The number of aliphatic carboxylic acids is 1. The van der Waals surface area contributed by atoms with Crippen molar-refractivity contribution in [1.29, 1.82) is 0 Å². The van der Waals surface area contributed by atoms with E-state index in [1.54, 1.807) is 13.8 Å². The summed E-state index contributed by atoms with van der Waals surface area (Å²) in [7, 11) is 0. The minimum Gasteiger partial charge on any atom is -0.486 e. The molecule has 9 heteroatoms. The molecule has 1 heterocycles. The Morgan fingerprint density at radius 3 is 2.46 bits per heavy atom. The maximum absolute atomic E-state index is 15.3. The van der Waals surface area contributed by atoms with Crippen LogP contribution in [0.3, 0.4) is 0 Å². The lowest BCUT2D eigenvalue weighted by molar-refractivity contribution is -0.138. The number of tetrazole rings is 1. The van der Waals surface area contributed by atoms with E-state index < -0.39 is 17.7 Å². The summed E-state index contributed by atoms with van der Waals surface area (Å²) >= 11 is 0. The van der Waals surface area contributed by atoms with Gasteiger partial charge in [0, 0.05) is 11.1 Å². The maximum atomic E-state index is 15.3. The molecule has 6 rings (SSSR count). The van der Waals surface area contributed by atoms with Crippen LogP contribution < -0.4 is 4.74 Å². The average Bonchev–Trinajstić information content (AvgIpc) is 3.40. The number of carboxylic acid groups (broad SMARTS) is 1. The van der Waals surface area contributed by atoms with E-state index in [2.05, 4.69) is 15.4 Å². The van der Waals surface area contributed by atoms with Gasteiger partial charge in [-0.1, -0.05) is 18.2 Å². The topological polar surface area (TPSA) is 110 Å². The van der Waals surface area contributed by atoms with Gasteiger partial charge in [-0.25, -0.2) is 4.39 Å². The van der Waals surface area contributed by atoms with Crippen molar-refractivity contribution in [2.75, 3.05) is 0 Å². The molecule has 1 aromatic heterocycles. The largest absolute Gasteiger partial charge is 0.486 e. The molecule has 3 atom stereocenters. The zero-order valence-electron chi connectivity index (χ0n) is 23.6. The van der Waals surface area contributed by atoms with Crippen molar-refractivity contribution in [1.82, 2.24) is 20.2 Å². The second kappa shape index (κ2) is 10.1. The Bertz CT molecular complexity index is 1620. The third-order valence-electron chi connectivity index (χ3n) is 8.02. The predicted molar refractivity (Wildman–Crippen MR) is 151 cm³/mol. The van der Waals surface area contributed by atoms with Crippen LogP contribution in [0.15, 0.2) is 48.5 Å². The molecule has 0 aliphatic heterocycles. The lowest BCUT2D eigenvalue weighted by Crippen LogP contribution is -2.27. The fourth-order valence-corrected chi connectivity index (χ4v) is 6.11. The monoisotopic (exact) mass is 556 g/mol. The second-order valence-corrected chi connectivity index (χ2v) is 11.9. The molecule has 0 saturated heterocycles. The summed E-state index contributed by atoms with van der Waals surface area (Å²) in [5, 5.41) is 32.0. The van der Waals surface area contributed by atoms with Gasteiger partial charge in [0.05, 0.1) is 18.1 Å². The number of nitrogens with zero attached hydrogens (tertiary/aromatic N) is 4. The molecule has 8 nitrogen and oxygen atoms in total. The molecule has 1 saturated carbocycles. The number of hydrogen-bond acceptors (Lipinski definition) is 6. The summed E-state index contributed by atoms with van der Waals surface area (Å²) in [6.45, 7) is 7.68. The number of benzene rings is 3. The first kappa shape index (κ1) is 27.1. The molecule has 3 aromatic carbocycles. The summed E-state index contributed by atoms with van der Waals surface area (Å²) in [6.07, 6.45) is 1.62. The van der Waals surface area contributed by atoms with Crippen LogP contribution in [-0.4, -0.2) is 42.0 Å². The second-order valence-electron chi connectivity index (χ2n) is 11.9. The van der Waals surface area contributed by atoms with Crippen molar-refractivity contribution in [3.63, 3.8) is 0 Å². The van der Waals surface area contributed by atoms with Gasteiger partial charge in [-0.2, -0.15) is 4.80 Å². The highest BCUT2D eigenvalue weighted by Gasteiger charge is 2.44. The van der Waals surface area contributed by atoms with Gasteiger partial charge in [0.1, 0.15) is 17.7 Å². The van der Waals surface area contributed by atoms with Gasteiger partial charge in [-0.05, 0) is 122 Å². The Kier molecular flexibility index (Phi) is 6.65. The van der Waals surface area contributed by atoms with Crippen molar-refractivity contribution in [2.45, 2.75) is 71.1 Å². The zero-order valence-corrected chi connectivity index (χ0v) is 23.6. The third kappa shape index (κ3) is 5.34. The molecule has 0 radical (unpaired) electrons. The van der Waals surface area contributed by atoms with Crippen LogP contribution in [0, 0.1) is 25.6 Å². The van der Waals surface area contributed by atoms with Crippen molar-refractivity contribution in [2.24, 2.45) is 5.92 Å². The van der Waals surface area contributed by atoms with Crippen LogP contribution in [0.1, 0.15) is 66.5 Å². The van der Waals surface area contributed by atoms with Crippen molar-refractivity contribution in [3.8, 4) is 28.3 Å². The van der Waals surface area contributed by atoms with Crippen LogP contribution in [0.4, 0.5) is 4.39 Å². The SMILES string of the molecule is Cc1cc(-c2nnn(CC(C)(C)O)n2)cc(C)c1-c1ccc(F)c2c1CC[C@H]2Oc1ccc([C@H]2C[C@@H]2C(=O)O)cc1. The minimum absolute atomic E-state index is 0.0575. The molecule has 41 heavy (non-hydrogen) atoms. The van der Waals surface area contributed by atoms with Crippen LogP contribution in [0.25, 0.3) is 22.5 Å². The number of fused-ring (bicyclic) bond motifs is 1. The Morgan fingerprint density at radius 1 is 1.12 bits per heavy atom. The zero-order chi connectivity index (χ0) is 29.1. The van der Waals surface area contributed by atoms with Crippen molar-refractivity contribution in [3.05, 3.63) is 82.2 Å². The molecule has 4 aromatic rings. The Labute approximate surface area is 237 Å². The standard InChI is InChI=1S/C32H33FN4O4/c1-17-13-20(30-34-36-37(35-30)16-32(3,4)40)14-18(2)28(17)22-9-11-26(33)29-23(22)10-12-27(29)41-21-7-5-19(6-8-21)24-15-25(24)31(38)39/h5-9,11,13-14,24-25,27,40H,10,12,15-16H2,1-4H3,(H,38,39)/t24-,25+,27-/m1/s1. The van der Waals surface area contributed by atoms with E-state index in [9.17, 15) is 15.0 Å². The quantitative estimate of drug-likeness (QED) is 0.283. The lowest BCUT2D eigenvalue weighted by Gasteiger charge is -2.19. The fraction of sp³-hybridized carbons (Fsp3) is 0.375. The normalized spacial score (nSPS) is 19.7. The first-order chi connectivity index (χ1) is 19.5. The van der Waals surface area contributed by atoms with Crippen LogP contribution in [0.5, 0.6) is 5.75 Å². The van der Waals surface area contributed by atoms with Crippen LogP contribution in [-0.2, 0) is 17.8 Å². The molecule has 2 aliphatic carbocycles. The highest BCUT2D eigenvalue weighted by molar-refractivity contribution is 5.78. The van der Waals surface area contributed by atoms with Crippen molar-refractivity contribution < 1.29 is 24.1 Å². The van der Waals surface area contributed by atoms with E-state index in [-0.39, 0.29) is 24.2 Å². The highest BCUT2D eigenvalue weighted by Crippen LogP contribution is 2.48. The summed E-state index contributed by atoms with van der Waals surface area (Å²) < 4.78 is 21.5. The molecular formula is C32H33FN4O4. The van der Waals surface area contributed by atoms with Gasteiger partial charge in [0.25, 0.3) is 0 Å². The van der Waals surface area contributed by atoms with Crippen LogP contribution >= 0.6 is 0 Å². The number of aryl methyl sites for hydroxylation is 2. The van der Waals surface area contributed by atoms with Gasteiger partial charge in [0.15, 0.2) is 0 Å². The maximum Gasteiger partial charge on any atom is 0.307 e. The van der Waals surface area contributed by atoms with Gasteiger partial charge in [-0.15, -0.1) is 10.2 Å². The third-order valence-corrected chi connectivity index (χ3v) is 8.02. The van der Waals surface area contributed by atoms with Gasteiger partial charge in [-0.3, -0.25) is 4.79 Å². The lowest BCUT2D eigenvalue weighted by atomic mass is 9.89. The van der Waals surface area contributed by atoms with E-state index in [0.29, 0.717) is 36.4 Å². The van der Waals surface area contributed by atoms with Gasteiger partial charge in [0.2, 0.25) is 5.82 Å². The smallest absolute Gasteiger partial charge is 0.307 e. The molecule has 212 valence electrons. The van der Waals surface area contributed by atoms with E-state index in [1.807, 2.05) is 56.3 Å². The first-order valence-electron chi connectivity index (χ1n) is 13.9. The molecule has 0 unspecified atom stereocenters. The Hall–Kier alpha value is -4.11. The predicted octanol–water partition coefficient (Wildman–Crippen LogP) is 5.79. The van der Waals surface area contributed by atoms with Crippen LogP contribution in [0.2, 0.25) is 0 Å². The number of ether oxygens (including phenoxy) is 1. The van der Waals surface area contributed by atoms with E-state index in [0.717, 1.165) is 38.9 Å². The number of aliphatic hydroxyl groups is 1. The number of carboxylic acids is 1. The summed E-state index contributed by atoms with van der Waals surface area (Å²) in [6, 6.07) is 14.9. The molecule has 0 spiro atoms. The molecule has 0 bridgehead atoms. The Balaban J connectivity index is 1.26. The molecule has 0 amide bonds. The molecule has 2 N–H and O–H groups in total. The van der Waals surface area contributed by atoms with Crippen molar-refractivity contribution >= 4 is 5.97 Å². The summed E-state index contributed by atoms with van der Waals surface area (Å²) in [5.74, 6) is -0.148. The fourth-order valence-electron chi connectivity index (χ4n) is 6.11. The summed E-state index contributed by atoms with van der Waals surface area (Å²) in [4.78, 5) is 12.6. The number of halogens is 1. The minimum atomic E-state index is -0.955. The number of aromatic nitrogens is 4. The highest BCUT2D eigenvalue weighted by atomic mass is 19.1. The molecular weight excluding hydrogens is 523 g/mol. The number of hydrogen-bond donors (Lipinski definition) is 2. The van der Waals surface area contributed by atoms with E-state index in [4.69, 9.17) is 4.74 Å². The van der Waals surface area contributed by atoms with Gasteiger partial charge < -0.3 is 14.9 Å².